The van der Waals surface area contributed by atoms with Gasteiger partial charge in [0.15, 0.2) is 0 Å². The highest BCUT2D eigenvalue weighted by atomic mass is 16.5. The van der Waals surface area contributed by atoms with Crippen molar-refractivity contribution in [2.45, 2.75) is 34.2 Å². The Balaban J connectivity index is 1.65. The first-order valence-corrected chi connectivity index (χ1v) is 11.2. The molecule has 0 aliphatic heterocycles. The summed E-state index contributed by atoms with van der Waals surface area (Å²) in [6.07, 6.45) is 0. The fourth-order valence-corrected chi connectivity index (χ4v) is 3.77. The van der Waals surface area contributed by atoms with E-state index in [9.17, 15) is 9.59 Å². The maximum Gasteiger partial charge on any atom is 0.261 e. The number of nitrogens with one attached hydrogen (secondary N) is 1. The van der Waals surface area contributed by atoms with Crippen molar-refractivity contribution in [2.24, 2.45) is 5.41 Å². The van der Waals surface area contributed by atoms with Crippen LogP contribution in [0.5, 0.6) is 5.75 Å². The highest BCUT2D eigenvalue weighted by Gasteiger charge is 2.21. The Kier molecular flexibility index (Phi) is 6.24. The number of benzene rings is 3. The number of rotatable bonds is 5. The summed E-state index contributed by atoms with van der Waals surface area (Å²) in [5.74, 6) is 1.34. The van der Waals surface area contributed by atoms with Gasteiger partial charge in [-0.15, -0.1) is 0 Å². The third-order valence-corrected chi connectivity index (χ3v) is 5.80. The number of aromatic nitrogens is 2. The summed E-state index contributed by atoms with van der Waals surface area (Å²) in [6, 6.07) is 21.2. The third kappa shape index (κ3) is 4.71. The Hall–Kier alpha value is -3.93. The minimum atomic E-state index is -0.531. The lowest BCUT2D eigenvalue weighted by molar-refractivity contribution is -0.123. The zero-order valence-corrected chi connectivity index (χ0v) is 20.2. The number of fused-ring (bicyclic) bond motifs is 1. The number of hydrogen-bond donors (Lipinski definition) is 1. The lowest BCUT2D eigenvalue weighted by atomic mass is 9.95. The van der Waals surface area contributed by atoms with Crippen molar-refractivity contribution in [2.75, 3.05) is 12.4 Å². The van der Waals surface area contributed by atoms with Crippen molar-refractivity contribution in [3.63, 3.8) is 0 Å². The molecule has 0 aliphatic carbocycles. The van der Waals surface area contributed by atoms with Crippen LogP contribution in [0.25, 0.3) is 22.0 Å². The highest BCUT2D eigenvalue weighted by molar-refractivity contribution is 5.96. The number of nitrogens with zero attached hydrogens (tertiary/aromatic N) is 2. The maximum absolute atomic E-state index is 13.4. The van der Waals surface area contributed by atoms with Gasteiger partial charge in [-0.3, -0.25) is 14.2 Å². The second-order valence-corrected chi connectivity index (χ2v) is 9.38. The summed E-state index contributed by atoms with van der Waals surface area (Å²) < 4.78 is 7.13. The average Bonchev–Trinajstić information content (AvgIpc) is 2.82. The van der Waals surface area contributed by atoms with Gasteiger partial charge >= 0.3 is 0 Å². The summed E-state index contributed by atoms with van der Waals surface area (Å²) in [4.78, 5) is 30.3. The first-order valence-electron chi connectivity index (χ1n) is 11.2. The van der Waals surface area contributed by atoms with Gasteiger partial charge in [0.25, 0.3) is 5.56 Å². The molecular formula is C28H29N3O3. The van der Waals surface area contributed by atoms with Crippen molar-refractivity contribution in [3.05, 3.63) is 88.5 Å². The van der Waals surface area contributed by atoms with Gasteiger partial charge in [0.1, 0.15) is 11.6 Å². The molecule has 34 heavy (non-hydrogen) atoms. The summed E-state index contributed by atoms with van der Waals surface area (Å²) in [5.41, 5.74) is 3.58. The largest absolute Gasteiger partial charge is 0.496 e. The molecule has 174 valence electrons. The third-order valence-electron chi connectivity index (χ3n) is 5.80. The minimum absolute atomic E-state index is 0.109. The van der Waals surface area contributed by atoms with E-state index in [2.05, 4.69) is 10.3 Å². The molecular weight excluding hydrogens is 426 g/mol. The van der Waals surface area contributed by atoms with E-state index in [0.29, 0.717) is 29.0 Å². The van der Waals surface area contributed by atoms with Gasteiger partial charge in [-0.05, 0) is 42.3 Å². The molecule has 6 nitrogen and oxygen atoms in total. The SMILES string of the molecule is COc1ccccc1-c1ccc(Cn2c(C)nc3ccc(NC(=O)C(C)(C)C)cc3c2=O)cc1. The second-order valence-electron chi connectivity index (χ2n) is 9.38. The Morgan fingerprint density at radius 1 is 1.03 bits per heavy atom. The molecule has 3 aromatic carbocycles. The predicted molar refractivity (Wildman–Crippen MR) is 136 cm³/mol. The number of carbonyl (C=O) groups is 1. The first-order chi connectivity index (χ1) is 16.2. The van der Waals surface area contributed by atoms with E-state index in [1.165, 1.54) is 0 Å². The van der Waals surface area contributed by atoms with Crippen LogP contribution in [-0.2, 0) is 11.3 Å². The van der Waals surface area contributed by atoms with Crippen LogP contribution in [0.3, 0.4) is 0 Å². The molecule has 0 saturated heterocycles. The minimum Gasteiger partial charge on any atom is -0.496 e. The molecule has 0 spiro atoms. The van der Waals surface area contributed by atoms with Crippen molar-refractivity contribution < 1.29 is 9.53 Å². The lowest BCUT2D eigenvalue weighted by Gasteiger charge is -2.18. The van der Waals surface area contributed by atoms with E-state index < -0.39 is 5.41 Å². The fourth-order valence-electron chi connectivity index (χ4n) is 3.77. The van der Waals surface area contributed by atoms with Crippen LogP contribution in [0, 0.1) is 12.3 Å². The van der Waals surface area contributed by atoms with Gasteiger partial charge in [-0.25, -0.2) is 4.98 Å². The molecule has 0 unspecified atom stereocenters. The van der Waals surface area contributed by atoms with Crippen LogP contribution in [0.4, 0.5) is 5.69 Å². The molecule has 1 heterocycles. The van der Waals surface area contributed by atoms with Gasteiger partial charge in [-0.1, -0.05) is 63.2 Å². The highest BCUT2D eigenvalue weighted by Crippen LogP contribution is 2.29. The second kappa shape index (κ2) is 9.14. The molecule has 1 amide bonds. The summed E-state index contributed by atoms with van der Waals surface area (Å²) >= 11 is 0. The van der Waals surface area contributed by atoms with Gasteiger partial charge < -0.3 is 10.1 Å². The van der Waals surface area contributed by atoms with Crippen molar-refractivity contribution in [3.8, 4) is 16.9 Å². The number of anilines is 1. The standard InChI is InChI=1S/C28H29N3O3/c1-18-29-24-15-14-21(30-27(33)28(2,3)4)16-23(24)26(32)31(18)17-19-10-12-20(13-11-19)22-8-6-7-9-25(22)34-5/h6-16H,17H2,1-5H3,(H,30,33). The van der Waals surface area contributed by atoms with E-state index >= 15 is 0 Å². The zero-order chi connectivity index (χ0) is 24.5. The lowest BCUT2D eigenvalue weighted by Crippen LogP contribution is -2.28. The first kappa shape index (κ1) is 23.2. The van der Waals surface area contributed by atoms with E-state index in [1.807, 2.05) is 76.2 Å². The van der Waals surface area contributed by atoms with Crippen LogP contribution < -0.4 is 15.6 Å². The quantitative estimate of drug-likeness (QED) is 0.436. The number of para-hydroxylation sites is 1. The molecule has 0 bridgehead atoms. The zero-order valence-electron chi connectivity index (χ0n) is 20.2. The van der Waals surface area contributed by atoms with Crippen LogP contribution >= 0.6 is 0 Å². The Morgan fingerprint density at radius 2 is 1.74 bits per heavy atom. The van der Waals surface area contributed by atoms with Crippen LogP contribution in [0.1, 0.15) is 32.2 Å². The van der Waals surface area contributed by atoms with E-state index in [0.717, 1.165) is 22.4 Å². The van der Waals surface area contributed by atoms with E-state index in [-0.39, 0.29) is 11.5 Å². The number of ether oxygens (including phenoxy) is 1. The number of methoxy groups -OCH3 is 1. The van der Waals surface area contributed by atoms with Crippen molar-refractivity contribution in [1.29, 1.82) is 0 Å². The molecule has 0 atom stereocenters. The molecule has 0 aliphatic rings. The number of aryl methyl sites for hydroxylation is 1. The van der Waals surface area contributed by atoms with Crippen LogP contribution in [-0.4, -0.2) is 22.6 Å². The Bertz CT molecular complexity index is 1410. The van der Waals surface area contributed by atoms with E-state index in [1.54, 1.807) is 29.9 Å². The summed E-state index contributed by atoms with van der Waals surface area (Å²) in [5, 5.41) is 3.37. The maximum atomic E-state index is 13.4. The average molecular weight is 456 g/mol. The summed E-state index contributed by atoms with van der Waals surface area (Å²) in [6.45, 7) is 7.78. The van der Waals surface area contributed by atoms with Crippen molar-refractivity contribution in [1.82, 2.24) is 9.55 Å². The molecule has 4 rings (SSSR count). The molecule has 1 aromatic heterocycles. The van der Waals surface area contributed by atoms with Crippen molar-refractivity contribution >= 4 is 22.5 Å². The van der Waals surface area contributed by atoms with E-state index in [4.69, 9.17) is 4.74 Å². The molecule has 4 aromatic rings. The van der Waals surface area contributed by atoms with Crippen LogP contribution in [0.2, 0.25) is 0 Å². The number of hydrogen-bond acceptors (Lipinski definition) is 4. The van der Waals surface area contributed by atoms with Gasteiger partial charge in [0.2, 0.25) is 5.91 Å². The summed E-state index contributed by atoms with van der Waals surface area (Å²) in [7, 11) is 1.66. The predicted octanol–water partition coefficient (Wildman–Crippen LogP) is 5.41. The number of amides is 1. The van der Waals surface area contributed by atoms with Crippen LogP contribution in [0.15, 0.2) is 71.5 Å². The fraction of sp³-hybridized carbons (Fsp3) is 0.250. The van der Waals surface area contributed by atoms with Gasteiger partial charge in [0.05, 0.1) is 24.6 Å². The Labute approximate surface area is 199 Å². The van der Waals surface area contributed by atoms with Gasteiger partial charge in [-0.2, -0.15) is 0 Å². The number of carbonyl (C=O) groups excluding carboxylic acids is 1. The molecule has 0 saturated carbocycles. The normalized spacial score (nSPS) is 11.4. The molecule has 1 N–H and O–H groups in total. The Morgan fingerprint density at radius 3 is 2.41 bits per heavy atom. The molecule has 0 radical (unpaired) electrons. The molecule has 0 fully saturated rings. The van der Waals surface area contributed by atoms with Gasteiger partial charge in [0, 0.05) is 16.7 Å². The monoisotopic (exact) mass is 455 g/mol. The molecule has 6 heteroatoms. The topological polar surface area (TPSA) is 73.2 Å². The smallest absolute Gasteiger partial charge is 0.261 e.